The Bertz CT molecular complexity index is 869. The van der Waals surface area contributed by atoms with E-state index in [0.717, 1.165) is 10.9 Å². The third kappa shape index (κ3) is 3.33. The van der Waals surface area contributed by atoms with Crippen molar-refractivity contribution in [1.82, 2.24) is 14.8 Å². The molecule has 1 aromatic carbocycles. The van der Waals surface area contributed by atoms with Crippen LogP contribution in [0.5, 0.6) is 5.75 Å². The third-order valence-electron chi connectivity index (χ3n) is 3.90. The molecule has 8 nitrogen and oxygen atoms in total. The molecule has 8 heteroatoms. The molecule has 0 bridgehead atoms. The van der Waals surface area contributed by atoms with Crippen LogP contribution < -0.4 is 10.1 Å². The summed E-state index contributed by atoms with van der Waals surface area (Å²) >= 11 is 0. The summed E-state index contributed by atoms with van der Waals surface area (Å²) in [7, 11) is 3.35. The van der Waals surface area contributed by atoms with Crippen molar-refractivity contribution in [1.29, 1.82) is 0 Å². The van der Waals surface area contributed by atoms with E-state index in [1.165, 1.54) is 5.01 Å². The number of amides is 2. The zero-order valence-corrected chi connectivity index (χ0v) is 14.7. The van der Waals surface area contributed by atoms with Gasteiger partial charge in [-0.15, -0.1) is 0 Å². The molecule has 2 aromatic rings. The van der Waals surface area contributed by atoms with Crippen molar-refractivity contribution in [2.75, 3.05) is 12.4 Å². The minimum atomic E-state index is -0.362. The molecule has 2 amide bonds. The van der Waals surface area contributed by atoms with Crippen LogP contribution >= 0.6 is 0 Å². The van der Waals surface area contributed by atoms with E-state index in [1.807, 2.05) is 39.1 Å². The van der Waals surface area contributed by atoms with Crippen molar-refractivity contribution in [2.24, 2.45) is 12.1 Å². The number of nitrogens with one attached hydrogen (secondary N) is 1. The largest absolute Gasteiger partial charge is 0.490 e. The number of rotatable bonds is 4. The predicted molar refractivity (Wildman–Crippen MR) is 94.5 cm³/mol. The summed E-state index contributed by atoms with van der Waals surface area (Å²) in [5, 5.41) is 13.2. The van der Waals surface area contributed by atoms with Gasteiger partial charge in [0.15, 0.2) is 5.82 Å². The topological polar surface area (TPSA) is 88.8 Å². The number of aryl methyl sites for hydroxylation is 1. The van der Waals surface area contributed by atoms with Crippen LogP contribution in [0.3, 0.4) is 0 Å². The van der Waals surface area contributed by atoms with Gasteiger partial charge in [-0.1, -0.05) is 6.07 Å². The average molecular weight is 343 g/mol. The molecule has 3 rings (SSSR count). The van der Waals surface area contributed by atoms with Crippen LogP contribution in [0.4, 0.5) is 5.82 Å². The molecule has 1 aliphatic heterocycles. The first-order valence-corrected chi connectivity index (χ1v) is 8.14. The zero-order valence-electron chi connectivity index (χ0n) is 14.7. The molecule has 0 aliphatic carbocycles. The second-order valence-corrected chi connectivity index (χ2v) is 6.21. The first kappa shape index (κ1) is 16.9. The van der Waals surface area contributed by atoms with Gasteiger partial charge in [0, 0.05) is 26.9 Å². The summed E-state index contributed by atoms with van der Waals surface area (Å²) in [4.78, 5) is 24.0. The standard InChI is InChI=1S/C17H21N5O3/c1-10(2)25-13-7-5-6-12-15(13)16(20-21(12)3)18-17(24)11-8-9-14(23)22(4)19-11/h5-7,10H,8-9H2,1-4H3,(H,18,20,24). The van der Waals surface area contributed by atoms with Crippen LogP contribution in [0.1, 0.15) is 26.7 Å². The van der Waals surface area contributed by atoms with Gasteiger partial charge in [-0.05, 0) is 26.0 Å². The van der Waals surface area contributed by atoms with Crippen LogP contribution in [0, 0.1) is 0 Å². The van der Waals surface area contributed by atoms with E-state index < -0.39 is 0 Å². The Morgan fingerprint density at radius 2 is 2.04 bits per heavy atom. The van der Waals surface area contributed by atoms with Crippen molar-refractivity contribution in [2.45, 2.75) is 32.8 Å². The molecule has 25 heavy (non-hydrogen) atoms. The lowest BCUT2D eigenvalue weighted by molar-refractivity contribution is -0.130. The lowest BCUT2D eigenvalue weighted by Gasteiger charge is -2.18. The van der Waals surface area contributed by atoms with E-state index in [1.54, 1.807) is 11.7 Å². The van der Waals surface area contributed by atoms with Crippen molar-refractivity contribution >= 4 is 34.2 Å². The minimum absolute atomic E-state index is 0.00302. The summed E-state index contributed by atoms with van der Waals surface area (Å²) < 4.78 is 7.54. The molecule has 1 aromatic heterocycles. The second-order valence-electron chi connectivity index (χ2n) is 6.21. The van der Waals surface area contributed by atoms with Gasteiger partial charge in [0.05, 0.1) is 17.0 Å². The fraction of sp³-hybridized carbons (Fsp3) is 0.412. The minimum Gasteiger partial charge on any atom is -0.490 e. The quantitative estimate of drug-likeness (QED) is 0.918. The maximum Gasteiger partial charge on any atom is 0.273 e. The average Bonchev–Trinajstić information content (AvgIpc) is 2.86. The number of ether oxygens (including phenoxy) is 1. The Morgan fingerprint density at radius 1 is 1.28 bits per heavy atom. The molecular formula is C17H21N5O3. The molecule has 0 fully saturated rings. The summed E-state index contributed by atoms with van der Waals surface area (Å²) in [6.45, 7) is 3.88. The normalized spacial score (nSPS) is 14.8. The van der Waals surface area contributed by atoms with Crippen LogP contribution in [0.25, 0.3) is 10.9 Å². The number of fused-ring (bicyclic) bond motifs is 1. The molecule has 1 aliphatic rings. The molecule has 0 radical (unpaired) electrons. The van der Waals surface area contributed by atoms with Gasteiger partial charge < -0.3 is 10.1 Å². The Kier molecular flexibility index (Phi) is 4.43. The Balaban J connectivity index is 1.95. The van der Waals surface area contributed by atoms with Gasteiger partial charge in [-0.25, -0.2) is 5.01 Å². The van der Waals surface area contributed by atoms with Gasteiger partial charge in [-0.3, -0.25) is 14.3 Å². The Labute approximate surface area is 145 Å². The molecule has 2 heterocycles. The smallest absolute Gasteiger partial charge is 0.273 e. The summed E-state index contributed by atoms with van der Waals surface area (Å²) in [6.07, 6.45) is 0.583. The van der Waals surface area contributed by atoms with Gasteiger partial charge in [-0.2, -0.15) is 10.2 Å². The predicted octanol–water partition coefficient (Wildman–Crippen LogP) is 1.91. The molecule has 0 saturated carbocycles. The molecule has 0 unspecified atom stereocenters. The monoisotopic (exact) mass is 343 g/mol. The van der Waals surface area contributed by atoms with Crippen LogP contribution in [-0.2, 0) is 16.6 Å². The first-order chi connectivity index (χ1) is 11.9. The van der Waals surface area contributed by atoms with Gasteiger partial charge in [0.2, 0.25) is 5.91 Å². The number of hydrogen-bond acceptors (Lipinski definition) is 5. The maximum absolute atomic E-state index is 12.5. The molecule has 0 atom stereocenters. The molecular weight excluding hydrogens is 322 g/mol. The molecule has 132 valence electrons. The number of benzene rings is 1. The number of nitrogens with zero attached hydrogens (tertiary/aromatic N) is 4. The number of hydrazone groups is 1. The SMILES string of the molecule is CC(C)Oc1cccc2c1c(NC(=O)C1=NN(C)C(=O)CC1)nn2C. The summed E-state index contributed by atoms with van der Waals surface area (Å²) in [5.41, 5.74) is 1.16. The maximum atomic E-state index is 12.5. The highest BCUT2D eigenvalue weighted by Crippen LogP contribution is 2.32. The van der Waals surface area contributed by atoms with Crippen molar-refractivity contribution < 1.29 is 14.3 Å². The van der Waals surface area contributed by atoms with Gasteiger partial charge in [0.25, 0.3) is 5.91 Å². The Hall–Kier alpha value is -2.90. The van der Waals surface area contributed by atoms with E-state index in [-0.39, 0.29) is 24.3 Å². The Morgan fingerprint density at radius 3 is 2.72 bits per heavy atom. The van der Waals surface area contributed by atoms with E-state index >= 15 is 0 Å². The molecule has 0 spiro atoms. The lowest BCUT2D eigenvalue weighted by atomic mass is 10.1. The summed E-state index contributed by atoms with van der Waals surface area (Å²) in [6, 6.07) is 5.65. The third-order valence-corrected chi connectivity index (χ3v) is 3.90. The highest BCUT2D eigenvalue weighted by atomic mass is 16.5. The van der Waals surface area contributed by atoms with Gasteiger partial charge in [0.1, 0.15) is 11.5 Å². The molecule has 0 saturated heterocycles. The van der Waals surface area contributed by atoms with Crippen LogP contribution in [0.15, 0.2) is 23.3 Å². The van der Waals surface area contributed by atoms with Crippen molar-refractivity contribution in [3.05, 3.63) is 18.2 Å². The summed E-state index contributed by atoms with van der Waals surface area (Å²) in [5.74, 6) is 0.612. The number of hydrogen-bond donors (Lipinski definition) is 1. The fourth-order valence-electron chi connectivity index (χ4n) is 2.73. The highest BCUT2D eigenvalue weighted by Gasteiger charge is 2.24. The van der Waals surface area contributed by atoms with E-state index in [4.69, 9.17) is 4.74 Å². The van der Waals surface area contributed by atoms with E-state index in [2.05, 4.69) is 15.5 Å². The van der Waals surface area contributed by atoms with Crippen molar-refractivity contribution in [3.8, 4) is 5.75 Å². The van der Waals surface area contributed by atoms with Gasteiger partial charge >= 0.3 is 0 Å². The van der Waals surface area contributed by atoms with Crippen molar-refractivity contribution in [3.63, 3.8) is 0 Å². The number of anilines is 1. The van der Waals surface area contributed by atoms with Crippen LogP contribution in [-0.4, -0.2) is 45.5 Å². The molecule has 1 N–H and O–H groups in total. The first-order valence-electron chi connectivity index (χ1n) is 8.14. The van der Waals surface area contributed by atoms with Crippen LogP contribution in [0.2, 0.25) is 0 Å². The van der Waals surface area contributed by atoms with E-state index in [9.17, 15) is 9.59 Å². The highest BCUT2D eigenvalue weighted by molar-refractivity contribution is 6.44. The number of aromatic nitrogens is 2. The number of carbonyl (C=O) groups excluding carboxylic acids is 2. The lowest BCUT2D eigenvalue weighted by Crippen LogP contribution is -2.34. The second kappa shape index (κ2) is 6.54. The number of carbonyl (C=O) groups is 2. The zero-order chi connectivity index (χ0) is 18.1. The van der Waals surface area contributed by atoms with E-state index in [0.29, 0.717) is 23.7 Å². The fourth-order valence-corrected chi connectivity index (χ4v) is 2.73.